The maximum Gasteiger partial charge on any atom is 0.311 e. The van der Waals surface area contributed by atoms with Gasteiger partial charge in [0.05, 0.1) is 12.3 Å². The molecule has 4 nitrogen and oxygen atoms in total. The lowest BCUT2D eigenvalue weighted by Gasteiger charge is -2.27. The Morgan fingerprint density at radius 3 is 2.48 bits per heavy atom. The summed E-state index contributed by atoms with van der Waals surface area (Å²) in [7, 11) is 0. The summed E-state index contributed by atoms with van der Waals surface area (Å²) in [6.45, 7) is 7.79. The average Bonchev–Trinajstić information content (AvgIpc) is 3.11. The molecular formula is C21H29NO3. The number of aryl methyl sites for hydroxylation is 1. The van der Waals surface area contributed by atoms with Crippen LogP contribution in [0.15, 0.2) is 24.3 Å². The molecular weight excluding hydrogens is 314 g/mol. The third kappa shape index (κ3) is 3.73. The van der Waals surface area contributed by atoms with Crippen LogP contribution in [-0.2, 0) is 27.2 Å². The number of hydrogen-bond acceptors (Lipinski definition) is 3. The lowest BCUT2D eigenvalue weighted by Crippen LogP contribution is -2.40. The molecule has 2 heterocycles. The van der Waals surface area contributed by atoms with Crippen molar-refractivity contribution in [3.63, 3.8) is 0 Å². The quantitative estimate of drug-likeness (QED) is 0.786. The zero-order valence-corrected chi connectivity index (χ0v) is 15.7. The minimum Gasteiger partial charge on any atom is -0.460 e. The van der Waals surface area contributed by atoms with Gasteiger partial charge in [0, 0.05) is 12.1 Å². The van der Waals surface area contributed by atoms with Gasteiger partial charge >= 0.3 is 5.97 Å². The van der Waals surface area contributed by atoms with Crippen molar-refractivity contribution in [2.75, 3.05) is 0 Å². The monoisotopic (exact) mass is 343 g/mol. The van der Waals surface area contributed by atoms with Crippen molar-refractivity contribution in [3.05, 3.63) is 35.4 Å². The lowest BCUT2D eigenvalue weighted by molar-refractivity contribution is -0.161. The number of fused-ring (bicyclic) bond motifs is 2. The van der Waals surface area contributed by atoms with E-state index in [2.05, 4.69) is 13.0 Å². The van der Waals surface area contributed by atoms with E-state index < -0.39 is 5.60 Å². The smallest absolute Gasteiger partial charge is 0.311 e. The molecule has 2 aliphatic heterocycles. The maximum absolute atomic E-state index is 13.0. The van der Waals surface area contributed by atoms with Crippen molar-refractivity contribution in [1.82, 2.24) is 4.90 Å². The second-order valence-corrected chi connectivity index (χ2v) is 8.27. The summed E-state index contributed by atoms with van der Waals surface area (Å²) in [6.07, 6.45) is 4.02. The van der Waals surface area contributed by atoms with Crippen LogP contribution >= 0.6 is 0 Å². The van der Waals surface area contributed by atoms with Gasteiger partial charge in [-0.15, -0.1) is 0 Å². The van der Waals surface area contributed by atoms with Gasteiger partial charge in [-0.25, -0.2) is 0 Å². The van der Waals surface area contributed by atoms with Crippen molar-refractivity contribution in [3.8, 4) is 0 Å². The van der Waals surface area contributed by atoms with E-state index in [9.17, 15) is 9.59 Å². The highest BCUT2D eigenvalue weighted by Crippen LogP contribution is 2.43. The molecule has 0 saturated carbocycles. The normalized spacial score (nSPS) is 25.3. The van der Waals surface area contributed by atoms with Crippen LogP contribution in [0.5, 0.6) is 0 Å². The predicted molar refractivity (Wildman–Crippen MR) is 97.1 cm³/mol. The van der Waals surface area contributed by atoms with Crippen LogP contribution in [0.3, 0.4) is 0 Å². The Morgan fingerprint density at radius 2 is 1.84 bits per heavy atom. The van der Waals surface area contributed by atoms with Crippen molar-refractivity contribution >= 4 is 11.9 Å². The fraction of sp³-hybridized carbons (Fsp3) is 0.619. The topological polar surface area (TPSA) is 46.6 Å². The average molecular weight is 343 g/mol. The fourth-order valence-electron chi connectivity index (χ4n) is 4.34. The van der Waals surface area contributed by atoms with E-state index in [0.717, 1.165) is 31.2 Å². The third-order valence-electron chi connectivity index (χ3n) is 5.38. The standard InChI is InChI=1S/C21H29NO3/c1-5-14-8-6-7-9-15(14)12-19(23)22-16-10-11-18(22)17(13-16)20(24)25-21(2,3)4/h6-9,16-18H,5,10-13H2,1-4H3/t16-,17-,18-/m0/s1. The molecule has 136 valence electrons. The number of carbonyl (C=O) groups is 2. The van der Waals surface area contributed by atoms with Crippen LogP contribution in [0.25, 0.3) is 0 Å². The first kappa shape index (κ1) is 18.0. The Morgan fingerprint density at radius 1 is 1.16 bits per heavy atom. The molecule has 0 radical (unpaired) electrons. The molecule has 1 amide bonds. The van der Waals surface area contributed by atoms with Crippen LogP contribution in [0.2, 0.25) is 0 Å². The molecule has 0 unspecified atom stereocenters. The van der Waals surface area contributed by atoms with Crippen LogP contribution in [0.1, 0.15) is 58.1 Å². The fourth-order valence-corrected chi connectivity index (χ4v) is 4.34. The van der Waals surface area contributed by atoms with Gasteiger partial charge in [-0.1, -0.05) is 31.2 Å². The molecule has 2 fully saturated rings. The second kappa shape index (κ2) is 6.81. The van der Waals surface area contributed by atoms with E-state index in [4.69, 9.17) is 4.74 Å². The molecule has 0 aromatic heterocycles. The maximum atomic E-state index is 13.0. The third-order valence-corrected chi connectivity index (χ3v) is 5.38. The molecule has 0 aliphatic carbocycles. The molecule has 0 spiro atoms. The summed E-state index contributed by atoms with van der Waals surface area (Å²) in [5.74, 6) is -0.158. The molecule has 0 N–H and O–H groups in total. The highest BCUT2D eigenvalue weighted by Gasteiger charge is 2.52. The first-order valence-electron chi connectivity index (χ1n) is 9.41. The van der Waals surface area contributed by atoms with Crippen molar-refractivity contribution in [2.24, 2.45) is 5.92 Å². The molecule has 2 saturated heterocycles. The molecule has 3 rings (SSSR count). The van der Waals surface area contributed by atoms with Crippen molar-refractivity contribution in [2.45, 2.75) is 77.5 Å². The first-order valence-corrected chi connectivity index (χ1v) is 9.41. The Kier molecular flexibility index (Phi) is 4.90. The first-order chi connectivity index (χ1) is 11.8. The van der Waals surface area contributed by atoms with Crippen LogP contribution in [0, 0.1) is 5.92 Å². The van der Waals surface area contributed by atoms with Crippen LogP contribution in [-0.4, -0.2) is 34.5 Å². The van der Waals surface area contributed by atoms with Crippen molar-refractivity contribution < 1.29 is 14.3 Å². The number of esters is 1. The Labute approximate surface area is 150 Å². The number of amides is 1. The number of carbonyl (C=O) groups excluding carboxylic acids is 2. The SMILES string of the molecule is CCc1ccccc1CC(=O)N1[C@H]2CC[C@H]1[C@@H](C(=O)OC(C)(C)C)C2. The number of hydrogen-bond donors (Lipinski definition) is 0. The molecule has 4 heteroatoms. The highest BCUT2D eigenvalue weighted by molar-refractivity contribution is 5.83. The van der Waals surface area contributed by atoms with Crippen molar-refractivity contribution in [1.29, 1.82) is 0 Å². The zero-order valence-electron chi connectivity index (χ0n) is 15.7. The zero-order chi connectivity index (χ0) is 18.2. The Hall–Kier alpha value is -1.84. The van der Waals surface area contributed by atoms with Gasteiger partial charge in [0.15, 0.2) is 0 Å². The van der Waals surface area contributed by atoms with Gasteiger partial charge in [-0.05, 0) is 57.6 Å². The van der Waals surface area contributed by atoms with Gasteiger partial charge in [-0.3, -0.25) is 9.59 Å². The largest absolute Gasteiger partial charge is 0.460 e. The molecule has 3 atom stereocenters. The summed E-state index contributed by atoms with van der Waals surface area (Å²) in [6, 6.07) is 8.35. The number of benzene rings is 1. The van der Waals surface area contributed by atoms with Gasteiger partial charge < -0.3 is 9.64 Å². The highest BCUT2D eigenvalue weighted by atomic mass is 16.6. The number of nitrogens with zero attached hydrogens (tertiary/aromatic N) is 1. The van der Waals surface area contributed by atoms with E-state index in [-0.39, 0.29) is 29.9 Å². The van der Waals surface area contributed by atoms with Crippen LogP contribution in [0.4, 0.5) is 0 Å². The minimum absolute atomic E-state index is 0.0149. The van der Waals surface area contributed by atoms with E-state index in [1.165, 1.54) is 5.56 Å². The Balaban J connectivity index is 1.71. The van der Waals surface area contributed by atoms with E-state index in [1.54, 1.807) is 0 Å². The summed E-state index contributed by atoms with van der Waals surface area (Å²) < 4.78 is 5.58. The predicted octanol–water partition coefficient (Wildman–Crippen LogP) is 3.51. The molecule has 1 aromatic rings. The lowest BCUT2D eigenvalue weighted by atomic mass is 9.89. The molecule has 25 heavy (non-hydrogen) atoms. The van der Waals surface area contributed by atoms with Gasteiger partial charge in [0.25, 0.3) is 0 Å². The molecule has 2 bridgehead atoms. The summed E-state index contributed by atoms with van der Waals surface area (Å²) in [4.78, 5) is 27.5. The van der Waals surface area contributed by atoms with Gasteiger partial charge in [0.2, 0.25) is 5.91 Å². The number of ether oxygens (including phenoxy) is 1. The second-order valence-electron chi connectivity index (χ2n) is 8.27. The summed E-state index contributed by atoms with van der Waals surface area (Å²) in [5, 5.41) is 0. The van der Waals surface area contributed by atoms with E-state index in [0.29, 0.717) is 6.42 Å². The van der Waals surface area contributed by atoms with Gasteiger partial charge in [0.1, 0.15) is 5.60 Å². The molecule has 2 aliphatic rings. The summed E-state index contributed by atoms with van der Waals surface area (Å²) in [5.41, 5.74) is 1.86. The van der Waals surface area contributed by atoms with Crippen LogP contribution < -0.4 is 0 Å². The molecule has 1 aromatic carbocycles. The Bertz CT molecular complexity index is 661. The minimum atomic E-state index is -0.478. The van der Waals surface area contributed by atoms with E-state index in [1.807, 2.05) is 43.9 Å². The van der Waals surface area contributed by atoms with E-state index >= 15 is 0 Å². The number of rotatable bonds is 4. The van der Waals surface area contributed by atoms with Gasteiger partial charge in [-0.2, -0.15) is 0 Å². The summed E-state index contributed by atoms with van der Waals surface area (Å²) >= 11 is 0.